The number of rotatable bonds is 5. The van der Waals surface area contributed by atoms with Crippen LogP contribution in [-0.4, -0.2) is 48.1 Å². The highest BCUT2D eigenvalue weighted by molar-refractivity contribution is 5.87. The lowest BCUT2D eigenvalue weighted by atomic mass is 9.94. The number of methoxy groups -OCH3 is 1. The second kappa shape index (κ2) is 7.15. The van der Waals surface area contributed by atoms with Gasteiger partial charge in [0.15, 0.2) is 6.10 Å². The van der Waals surface area contributed by atoms with E-state index in [1.807, 2.05) is 29.2 Å². The van der Waals surface area contributed by atoms with Gasteiger partial charge in [-0.25, -0.2) is 0 Å². The van der Waals surface area contributed by atoms with Crippen molar-refractivity contribution < 1.29 is 19.1 Å². The quantitative estimate of drug-likeness (QED) is 0.863. The van der Waals surface area contributed by atoms with Crippen LogP contribution in [0.15, 0.2) is 24.3 Å². The van der Waals surface area contributed by atoms with Crippen LogP contribution < -0.4 is 10.1 Å². The average molecular weight is 372 g/mol. The van der Waals surface area contributed by atoms with Gasteiger partial charge in [0.25, 0.3) is 5.91 Å². The smallest absolute Gasteiger partial charge is 0.252 e. The molecule has 0 unspecified atom stereocenters. The minimum absolute atomic E-state index is 0.0298. The van der Waals surface area contributed by atoms with Gasteiger partial charge in [0.2, 0.25) is 5.91 Å². The molecule has 3 fully saturated rings. The monoisotopic (exact) mass is 372 g/mol. The molecule has 2 atom stereocenters. The van der Waals surface area contributed by atoms with Crippen molar-refractivity contribution in [3.8, 4) is 5.75 Å². The van der Waals surface area contributed by atoms with Crippen LogP contribution in [0.4, 0.5) is 0 Å². The fourth-order valence-electron chi connectivity index (χ4n) is 4.42. The van der Waals surface area contributed by atoms with E-state index in [-0.39, 0.29) is 30.0 Å². The minimum atomic E-state index is -0.686. The first-order valence-electron chi connectivity index (χ1n) is 9.89. The molecule has 0 bridgehead atoms. The van der Waals surface area contributed by atoms with E-state index in [0.717, 1.165) is 49.8 Å². The van der Waals surface area contributed by atoms with Gasteiger partial charge in [-0.3, -0.25) is 9.59 Å². The van der Waals surface area contributed by atoms with Crippen LogP contribution in [0.2, 0.25) is 0 Å². The Morgan fingerprint density at radius 2 is 1.89 bits per heavy atom. The van der Waals surface area contributed by atoms with Crippen LogP contribution in [-0.2, 0) is 14.3 Å². The summed E-state index contributed by atoms with van der Waals surface area (Å²) in [7, 11) is 1.62. The molecular weight excluding hydrogens is 344 g/mol. The summed E-state index contributed by atoms with van der Waals surface area (Å²) >= 11 is 0. The Morgan fingerprint density at radius 3 is 2.48 bits per heavy atom. The molecule has 1 aromatic carbocycles. The topological polar surface area (TPSA) is 67.9 Å². The molecule has 1 aromatic rings. The molecule has 0 spiro atoms. The van der Waals surface area contributed by atoms with Gasteiger partial charge >= 0.3 is 0 Å². The fraction of sp³-hybridized carbons (Fsp3) is 0.619. The van der Waals surface area contributed by atoms with Crippen molar-refractivity contribution in [2.24, 2.45) is 0 Å². The lowest BCUT2D eigenvalue weighted by molar-refractivity contribution is -0.166. The number of hydrogen-bond donors (Lipinski definition) is 1. The van der Waals surface area contributed by atoms with E-state index in [1.54, 1.807) is 7.11 Å². The third-order valence-corrected chi connectivity index (χ3v) is 6.05. The maximum Gasteiger partial charge on any atom is 0.252 e. The molecule has 4 rings (SSSR count). The molecule has 6 heteroatoms. The third-order valence-electron chi connectivity index (χ3n) is 6.05. The van der Waals surface area contributed by atoms with Crippen LogP contribution in [0.1, 0.15) is 57.1 Å². The van der Waals surface area contributed by atoms with E-state index in [1.165, 1.54) is 0 Å². The van der Waals surface area contributed by atoms with E-state index in [2.05, 4.69) is 12.2 Å². The Labute approximate surface area is 160 Å². The van der Waals surface area contributed by atoms with Crippen molar-refractivity contribution in [1.82, 2.24) is 10.2 Å². The van der Waals surface area contributed by atoms with Crippen LogP contribution in [0.3, 0.4) is 0 Å². The summed E-state index contributed by atoms with van der Waals surface area (Å²) in [6, 6.07) is 7.41. The second-order valence-electron chi connectivity index (χ2n) is 8.24. The summed E-state index contributed by atoms with van der Waals surface area (Å²) in [5.74, 6) is 0.604. The normalized spacial score (nSPS) is 27.5. The Balaban J connectivity index is 1.62. The number of carbonyl (C=O) groups excluding carboxylic acids is 2. The largest absolute Gasteiger partial charge is 0.497 e. The van der Waals surface area contributed by atoms with Crippen LogP contribution >= 0.6 is 0 Å². The zero-order valence-corrected chi connectivity index (χ0v) is 16.1. The van der Waals surface area contributed by atoms with Gasteiger partial charge in [-0.15, -0.1) is 0 Å². The number of morpholine rings is 1. The molecule has 27 heavy (non-hydrogen) atoms. The predicted molar refractivity (Wildman–Crippen MR) is 100 cm³/mol. The Morgan fingerprint density at radius 1 is 1.22 bits per heavy atom. The SMILES string of the molecule is COc1ccc([C@@H]2[C@@H](C(=O)NC3(C)CCCC3)OCC(=O)N2C2CC2)cc1. The highest BCUT2D eigenvalue weighted by Gasteiger charge is 2.48. The summed E-state index contributed by atoms with van der Waals surface area (Å²) in [4.78, 5) is 27.6. The zero-order valence-electron chi connectivity index (χ0n) is 16.1. The molecule has 2 amide bonds. The Bertz CT molecular complexity index is 707. The van der Waals surface area contributed by atoms with Crippen molar-refractivity contribution in [1.29, 1.82) is 0 Å². The molecule has 6 nitrogen and oxygen atoms in total. The van der Waals surface area contributed by atoms with E-state index < -0.39 is 12.1 Å². The first-order chi connectivity index (χ1) is 13.0. The molecule has 0 aromatic heterocycles. The summed E-state index contributed by atoms with van der Waals surface area (Å²) in [5, 5.41) is 3.22. The molecule has 2 aliphatic carbocycles. The van der Waals surface area contributed by atoms with Gasteiger partial charge in [-0.05, 0) is 50.3 Å². The lowest BCUT2D eigenvalue weighted by Gasteiger charge is -2.42. The highest BCUT2D eigenvalue weighted by atomic mass is 16.5. The summed E-state index contributed by atoms with van der Waals surface area (Å²) < 4.78 is 11.1. The van der Waals surface area contributed by atoms with Crippen LogP contribution in [0.5, 0.6) is 5.75 Å². The predicted octanol–water partition coefficient (Wildman–Crippen LogP) is 2.58. The molecule has 1 heterocycles. The Kier molecular flexibility index (Phi) is 4.84. The van der Waals surface area contributed by atoms with E-state index in [0.29, 0.717) is 0 Å². The second-order valence-corrected chi connectivity index (χ2v) is 8.24. The Hall–Kier alpha value is -2.08. The van der Waals surface area contributed by atoms with Crippen molar-refractivity contribution >= 4 is 11.8 Å². The number of benzene rings is 1. The summed E-state index contributed by atoms with van der Waals surface area (Å²) in [5.41, 5.74) is 0.740. The summed E-state index contributed by atoms with van der Waals surface area (Å²) in [6.45, 7) is 2.07. The number of ether oxygens (including phenoxy) is 2. The summed E-state index contributed by atoms with van der Waals surface area (Å²) in [6.07, 6.45) is 5.55. The van der Waals surface area contributed by atoms with E-state index in [9.17, 15) is 9.59 Å². The van der Waals surface area contributed by atoms with Crippen molar-refractivity contribution in [3.63, 3.8) is 0 Å². The first-order valence-corrected chi connectivity index (χ1v) is 9.89. The van der Waals surface area contributed by atoms with Gasteiger partial charge in [-0.2, -0.15) is 0 Å². The molecule has 1 aliphatic heterocycles. The van der Waals surface area contributed by atoms with Gasteiger partial charge in [0.1, 0.15) is 12.4 Å². The number of hydrogen-bond acceptors (Lipinski definition) is 4. The lowest BCUT2D eigenvalue weighted by Crippen LogP contribution is -2.57. The standard InChI is InChI=1S/C21H28N2O4/c1-21(11-3-4-12-21)22-20(25)19-18(14-5-9-16(26-2)10-6-14)23(15-7-8-15)17(24)13-27-19/h5-6,9-10,15,18-19H,3-4,7-8,11-13H2,1-2H3,(H,22,25)/t18-,19+/m1/s1. The molecular formula is C21H28N2O4. The third kappa shape index (κ3) is 3.68. The first kappa shape index (κ1) is 18.3. The van der Waals surface area contributed by atoms with Gasteiger partial charge in [0.05, 0.1) is 13.2 Å². The van der Waals surface area contributed by atoms with Crippen molar-refractivity contribution in [3.05, 3.63) is 29.8 Å². The van der Waals surface area contributed by atoms with Gasteiger partial charge in [0, 0.05) is 11.6 Å². The molecule has 2 saturated carbocycles. The number of carbonyl (C=O) groups is 2. The maximum atomic E-state index is 13.2. The van der Waals surface area contributed by atoms with Gasteiger partial charge in [-0.1, -0.05) is 25.0 Å². The number of amides is 2. The van der Waals surface area contributed by atoms with Crippen molar-refractivity contribution in [2.45, 2.75) is 69.2 Å². The average Bonchev–Trinajstić information content (AvgIpc) is 3.42. The van der Waals surface area contributed by atoms with Crippen LogP contribution in [0.25, 0.3) is 0 Å². The van der Waals surface area contributed by atoms with Crippen molar-refractivity contribution in [2.75, 3.05) is 13.7 Å². The van der Waals surface area contributed by atoms with Gasteiger partial charge < -0.3 is 19.7 Å². The minimum Gasteiger partial charge on any atom is -0.497 e. The highest BCUT2D eigenvalue weighted by Crippen LogP contribution is 2.40. The fourth-order valence-corrected chi connectivity index (χ4v) is 4.42. The molecule has 146 valence electrons. The van der Waals surface area contributed by atoms with Crippen LogP contribution in [0, 0.1) is 0 Å². The zero-order chi connectivity index (χ0) is 19.0. The number of nitrogens with zero attached hydrogens (tertiary/aromatic N) is 1. The molecule has 3 aliphatic rings. The molecule has 1 N–H and O–H groups in total. The van der Waals surface area contributed by atoms with E-state index in [4.69, 9.17) is 9.47 Å². The molecule has 1 saturated heterocycles. The molecule has 0 radical (unpaired) electrons. The maximum absolute atomic E-state index is 13.2. The van der Waals surface area contributed by atoms with E-state index >= 15 is 0 Å². The number of nitrogens with one attached hydrogen (secondary N) is 1.